The molecule has 1 N–H and O–H groups in total. The molecule has 1 aromatic carbocycles. The number of carbonyl (C=O) groups is 1. The fourth-order valence-electron chi connectivity index (χ4n) is 2.87. The van der Waals surface area contributed by atoms with E-state index in [1.54, 1.807) is 0 Å². The SMILES string of the molecule is CCCN(C(=O)c1ccccc1OCC)C1CCCNC1. The van der Waals surface area contributed by atoms with Gasteiger partial charge in [-0.2, -0.15) is 0 Å². The molecule has 1 aliphatic heterocycles. The van der Waals surface area contributed by atoms with Crippen molar-refractivity contribution >= 4 is 5.91 Å². The van der Waals surface area contributed by atoms with Crippen LogP contribution < -0.4 is 10.1 Å². The molecule has 1 amide bonds. The molecule has 116 valence electrons. The Labute approximate surface area is 127 Å². The first-order valence-electron chi connectivity index (χ1n) is 8.01. The lowest BCUT2D eigenvalue weighted by atomic mass is 10.0. The van der Waals surface area contributed by atoms with Crippen LogP contribution in [-0.2, 0) is 0 Å². The van der Waals surface area contributed by atoms with Gasteiger partial charge in [-0.25, -0.2) is 0 Å². The van der Waals surface area contributed by atoms with Gasteiger partial charge < -0.3 is 15.0 Å². The molecular formula is C17H26N2O2. The molecule has 0 aliphatic carbocycles. The minimum atomic E-state index is 0.0922. The van der Waals surface area contributed by atoms with Gasteiger partial charge in [0.2, 0.25) is 0 Å². The van der Waals surface area contributed by atoms with Crippen LogP contribution in [0.2, 0.25) is 0 Å². The summed E-state index contributed by atoms with van der Waals surface area (Å²) in [5, 5.41) is 3.39. The molecule has 1 fully saturated rings. The largest absolute Gasteiger partial charge is 0.493 e. The van der Waals surface area contributed by atoms with Crippen LogP contribution in [0, 0.1) is 0 Å². The topological polar surface area (TPSA) is 41.6 Å². The number of piperidine rings is 1. The molecule has 1 unspecified atom stereocenters. The number of nitrogens with zero attached hydrogens (tertiary/aromatic N) is 1. The predicted octanol–water partition coefficient (Wildman–Crippen LogP) is 2.69. The van der Waals surface area contributed by atoms with Crippen LogP contribution in [-0.4, -0.2) is 43.1 Å². The lowest BCUT2D eigenvalue weighted by molar-refractivity contribution is 0.0645. The van der Waals surface area contributed by atoms with Crippen molar-refractivity contribution in [1.82, 2.24) is 10.2 Å². The average Bonchev–Trinajstić information content (AvgIpc) is 2.54. The van der Waals surface area contributed by atoms with Crippen molar-refractivity contribution in [1.29, 1.82) is 0 Å². The molecule has 1 atom stereocenters. The summed E-state index contributed by atoms with van der Waals surface area (Å²) in [6.45, 7) is 7.37. The van der Waals surface area contributed by atoms with Crippen LogP contribution >= 0.6 is 0 Å². The zero-order chi connectivity index (χ0) is 15.1. The molecule has 0 radical (unpaired) electrons. The maximum atomic E-state index is 12.9. The number of amides is 1. The van der Waals surface area contributed by atoms with E-state index in [9.17, 15) is 4.79 Å². The average molecular weight is 290 g/mol. The summed E-state index contributed by atoms with van der Waals surface area (Å²) in [4.78, 5) is 15.0. The standard InChI is InChI=1S/C17H26N2O2/c1-3-12-19(14-8-7-11-18-13-14)17(20)15-9-5-6-10-16(15)21-4-2/h5-6,9-10,14,18H,3-4,7-8,11-13H2,1-2H3. The Bertz CT molecular complexity index is 456. The number of ether oxygens (including phenoxy) is 1. The summed E-state index contributed by atoms with van der Waals surface area (Å²) >= 11 is 0. The Kier molecular flexibility index (Phi) is 6.05. The van der Waals surface area contributed by atoms with Gasteiger partial charge in [-0.1, -0.05) is 19.1 Å². The Morgan fingerprint density at radius 1 is 1.38 bits per heavy atom. The van der Waals surface area contributed by atoms with E-state index in [1.165, 1.54) is 0 Å². The van der Waals surface area contributed by atoms with Crippen LogP contribution in [0.4, 0.5) is 0 Å². The number of para-hydroxylation sites is 1. The van der Waals surface area contributed by atoms with Gasteiger partial charge in [-0.05, 0) is 44.9 Å². The van der Waals surface area contributed by atoms with Gasteiger partial charge in [-0.15, -0.1) is 0 Å². The minimum absolute atomic E-state index is 0.0922. The van der Waals surface area contributed by atoms with Gasteiger partial charge in [0.25, 0.3) is 5.91 Å². The predicted molar refractivity (Wildman–Crippen MR) is 84.8 cm³/mol. The van der Waals surface area contributed by atoms with Gasteiger partial charge in [0, 0.05) is 19.1 Å². The van der Waals surface area contributed by atoms with Crippen LogP contribution in [0.15, 0.2) is 24.3 Å². The summed E-state index contributed by atoms with van der Waals surface area (Å²) in [5.41, 5.74) is 0.679. The number of rotatable bonds is 6. The highest BCUT2D eigenvalue weighted by Crippen LogP contribution is 2.22. The highest BCUT2D eigenvalue weighted by molar-refractivity contribution is 5.97. The molecule has 2 rings (SSSR count). The van der Waals surface area contributed by atoms with Crippen molar-refractivity contribution < 1.29 is 9.53 Å². The zero-order valence-corrected chi connectivity index (χ0v) is 13.1. The number of hydrogen-bond donors (Lipinski definition) is 1. The second-order valence-corrected chi connectivity index (χ2v) is 5.43. The molecule has 1 aliphatic rings. The summed E-state index contributed by atoms with van der Waals surface area (Å²) in [7, 11) is 0. The third-order valence-electron chi connectivity index (χ3n) is 3.85. The number of hydrogen-bond acceptors (Lipinski definition) is 3. The fourth-order valence-corrected chi connectivity index (χ4v) is 2.87. The Morgan fingerprint density at radius 2 is 2.19 bits per heavy atom. The summed E-state index contributed by atoms with van der Waals surface area (Å²) in [5.74, 6) is 0.782. The highest BCUT2D eigenvalue weighted by atomic mass is 16.5. The van der Waals surface area contributed by atoms with E-state index < -0.39 is 0 Å². The lowest BCUT2D eigenvalue weighted by Gasteiger charge is -2.35. The second-order valence-electron chi connectivity index (χ2n) is 5.43. The summed E-state index contributed by atoms with van der Waals surface area (Å²) in [6, 6.07) is 7.85. The molecule has 4 nitrogen and oxygen atoms in total. The molecule has 4 heteroatoms. The second kappa shape index (κ2) is 8.03. The summed E-state index contributed by atoms with van der Waals surface area (Å²) < 4.78 is 5.61. The first-order chi connectivity index (χ1) is 10.3. The Hall–Kier alpha value is -1.55. The van der Waals surface area contributed by atoms with Crippen LogP contribution in [0.25, 0.3) is 0 Å². The van der Waals surface area contributed by atoms with Crippen molar-refractivity contribution in [3.63, 3.8) is 0 Å². The highest BCUT2D eigenvalue weighted by Gasteiger charge is 2.27. The maximum absolute atomic E-state index is 12.9. The number of benzene rings is 1. The monoisotopic (exact) mass is 290 g/mol. The number of carbonyl (C=O) groups excluding carboxylic acids is 1. The molecule has 0 bridgehead atoms. The van der Waals surface area contributed by atoms with Crippen molar-refractivity contribution in [2.24, 2.45) is 0 Å². The van der Waals surface area contributed by atoms with Gasteiger partial charge in [0.05, 0.1) is 12.2 Å². The van der Waals surface area contributed by atoms with Crippen molar-refractivity contribution in [3.05, 3.63) is 29.8 Å². The van der Waals surface area contributed by atoms with Crippen molar-refractivity contribution in [2.75, 3.05) is 26.2 Å². The fraction of sp³-hybridized carbons (Fsp3) is 0.588. The Balaban J connectivity index is 2.21. The van der Waals surface area contributed by atoms with E-state index >= 15 is 0 Å². The lowest BCUT2D eigenvalue weighted by Crippen LogP contribution is -2.49. The Morgan fingerprint density at radius 3 is 2.86 bits per heavy atom. The van der Waals surface area contributed by atoms with Gasteiger partial charge in [0.1, 0.15) is 5.75 Å². The third-order valence-corrected chi connectivity index (χ3v) is 3.85. The van der Waals surface area contributed by atoms with E-state index in [0.29, 0.717) is 24.0 Å². The molecule has 21 heavy (non-hydrogen) atoms. The van der Waals surface area contributed by atoms with E-state index in [-0.39, 0.29) is 5.91 Å². The number of nitrogens with one attached hydrogen (secondary N) is 1. The van der Waals surface area contributed by atoms with Gasteiger partial charge in [-0.3, -0.25) is 4.79 Å². The van der Waals surface area contributed by atoms with E-state index in [0.717, 1.165) is 38.9 Å². The van der Waals surface area contributed by atoms with Crippen LogP contribution in [0.3, 0.4) is 0 Å². The quantitative estimate of drug-likeness (QED) is 0.876. The van der Waals surface area contributed by atoms with Crippen molar-refractivity contribution in [2.45, 2.75) is 39.2 Å². The molecule has 0 saturated carbocycles. The normalized spacial score (nSPS) is 18.3. The van der Waals surface area contributed by atoms with Gasteiger partial charge >= 0.3 is 0 Å². The molecule has 0 aromatic heterocycles. The van der Waals surface area contributed by atoms with Crippen LogP contribution in [0.1, 0.15) is 43.5 Å². The molecule has 1 heterocycles. The van der Waals surface area contributed by atoms with Crippen LogP contribution in [0.5, 0.6) is 5.75 Å². The minimum Gasteiger partial charge on any atom is -0.493 e. The molecule has 1 aromatic rings. The summed E-state index contributed by atoms with van der Waals surface area (Å²) in [6.07, 6.45) is 3.18. The van der Waals surface area contributed by atoms with Crippen molar-refractivity contribution in [3.8, 4) is 5.75 Å². The molecular weight excluding hydrogens is 264 g/mol. The first-order valence-corrected chi connectivity index (χ1v) is 8.01. The van der Waals surface area contributed by atoms with E-state index in [4.69, 9.17) is 4.74 Å². The molecule has 1 saturated heterocycles. The third kappa shape index (κ3) is 3.97. The zero-order valence-electron chi connectivity index (χ0n) is 13.1. The van der Waals surface area contributed by atoms with Gasteiger partial charge in [0.15, 0.2) is 0 Å². The van der Waals surface area contributed by atoms with E-state index in [2.05, 4.69) is 12.2 Å². The molecule has 0 spiro atoms. The smallest absolute Gasteiger partial charge is 0.257 e. The van der Waals surface area contributed by atoms with E-state index in [1.807, 2.05) is 36.1 Å². The first kappa shape index (κ1) is 15.8. The maximum Gasteiger partial charge on any atom is 0.257 e.